The number of thiocarbonyl (C=S) groups is 1. The Bertz CT molecular complexity index is 827. The standard InChI is InChI=1S/C23H29N3O2S/c1-5-14-24-22(29)26-25-17-18-8-6-7-9-21(18)28-16-15-27-20-12-10-19(11-13-20)23(2,3)4/h5-13,17H,1,14-16H2,2-4H3,(H2,24,26,29)/b25-17-. The van der Waals surface area contributed by atoms with Crippen LogP contribution in [0.3, 0.4) is 0 Å². The number of nitrogens with zero attached hydrogens (tertiary/aromatic N) is 1. The van der Waals surface area contributed by atoms with Crippen LogP contribution < -0.4 is 20.2 Å². The molecule has 0 bridgehead atoms. The van der Waals surface area contributed by atoms with Gasteiger partial charge in [0.2, 0.25) is 0 Å². The number of rotatable bonds is 9. The molecule has 0 saturated heterocycles. The first-order valence-corrected chi connectivity index (χ1v) is 9.94. The highest BCUT2D eigenvalue weighted by molar-refractivity contribution is 7.80. The van der Waals surface area contributed by atoms with Gasteiger partial charge in [0.25, 0.3) is 0 Å². The van der Waals surface area contributed by atoms with Gasteiger partial charge in [-0.05, 0) is 47.5 Å². The van der Waals surface area contributed by atoms with Crippen LogP contribution in [0.15, 0.2) is 66.3 Å². The highest BCUT2D eigenvalue weighted by Crippen LogP contribution is 2.24. The van der Waals surface area contributed by atoms with Crippen molar-refractivity contribution in [3.63, 3.8) is 0 Å². The van der Waals surface area contributed by atoms with E-state index in [1.807, 2.05) is 36.4 Å². The van der Waals surface area contributed by atoms with Gasteiger partial charge in [0.1, 0.15) is 24.7 Å². The molecular weight excluding hydrogens is 382 g/mol. The van der Waals surface area contributed by atoms with Gasteiger partial charge in [-0.2, -0.15) is 5.10 Å². The Balaban J connectivity index is 1.82. The van der Waals surface area contributed by atoms with Crippen molar-refractivity contribution in [2.75, 3.05) is 19.8 Å². The molecule has 2 aromatic carbocycles. The molecule has 2 rings (SSSR count). The number of hydrazone groups is 1. The lowest BCUT2D eigenvalue weighted by Crippen LogP contribution is -2.31. The average molecular weight is 412 g/mol. The van der Waals surface area contributed by atoms with Crippen molar-refractivity contribution in [3.8, 4) is 11.5 Å². The van der Waals surface area contributed by atoms with Crippen molar-refractivity contribution < 1.29 is 9.47 Å². The molecule has 5 nitrogen and oxygen atoms in total. The van der Waals surface area contributed by atoms with Crippen molar-refractivity contribution in [1.29, 1.82) is 0 Å². The van der Waals surface area contributed by atoms with Gasteiger partial charge in [-0.3, -0.25) is 5.43 Å². The zero-order chi connectivity index (χ0) is 21.1. The third-order valence-corrected chi connectivity index (χ3v) is 4.26. The maximum absolute atomic E-state index is 5.85. The SMILES string of the molecule is C=CCNC(=S)N/N=C\c1ccccc1OCCOc1ccc(C(C)(C)C)cc1. The van der Waals surface area contributed by atoms with Crippen LogP contribution >= 0.6 is 12.2 Å². The number of para-hydroxylation sites is 1. The van der Waals surface area contributed by atoms with Gasteiger partial charge < -0.3 is 14.8 Å². The van der Waals surface area contributed by atoms with Gasteiger partial charge in [0.15, 0.2) is 5.11 Å². The summed E-state index contributed by atoms with van der Waals surface area (Å²) in [5.41, 5.74) is 5.02. The molecule has 0 aliphatic carbocycles. The minimum Gasteiger partial charge on any atom is -0.490 e. The quantitative estimate of drug-likeness (QED) is 0.210. The summed E-state index contributed by atoms with van der Waals surface area (Å²) in [7, 11) is 0. The summed E-state index contributed by atoms with van der Waals surface area (Å²) in [6.45, 7) is 11.7. The van der Waals surface area contributed by atoms with Crippen molar-refractivity contribution in [3.05, 3.63) is 72.3 Å². The maximum Gasteiger partial charge on any atom is 0.187 e. The molecule has 0 spiro atoms. The highest BCUT2D eigenvalue weighted by atomic mass is 32.1. The van der Waals surface area contributed by atoms with E-state index in [1.54, 1.807) is 12.3 Å². The summed E-state index contributed by atoms with van der Waals surface area (Å²) in [5, 5.41) is 7.51. The number of benzene rings is 2. The van der Waals surface area contributed by atoms with Crippen LogP contribution in [0.4, 0.5) is 0 Å². The Morgan fingerprint density at radius 1 is 1.07 bits per heavy atom. The lowest BCUT2D eigenvalue weighted by atomic mass is 9.87. The fourth-order valence-electron chi connectivity index (χ4n) is 2.45. The first-order chi connectivity index (χ1) is 13.9. The van der Waals surface area contributed by atoms with Crippen molar-refractivity contribution >= 4 is 23.5 Å². The minimum absolute atomic E-state index is 0.132. The lowest BCUT2D eigenvalue weighted by molar-refractivity contribution is 0.217. The van der Waals surface area contributed by atoms with Gasteiger partial charge >= 0.3 is 0 Å². The predicted octanol–water partition coefficient (Wildman–Crippen LogP) is 4.43. The number of hydrogen-bond acceptors (Lipinski definition) is 4. The van der Waals surface area contributed by atoms with E-state index in [9.17, 15) is 0 Å². The zero-order valence-electron chi connectivity index (χ0n) is 17.3. The summed E-state index contributed by atoms with van der Waals surface area (Å²) >= 11 is 5.10. The van der Waals surface area contributed by atoms with E-state index in [4.69, 9.17) is 21.7 Å². The Morgan fingerprint density at radius 2 is 1.76 bits per heavy atom. The average Bonchev–Trinajstić information content (AvgIpc) is 2.70. The second-order valence-corrected chi connectivity index (χ2v) is 7.79. The molecule has 29 heavy (non-hydrogen) atoms. The molecule has 0 amide bonds. The van der Waals surface area contributed by atoms with E-state index in [0.717, 1.165) is 17.1 Å². The van der Waals surface area contributed by atoms with Crippen LogP contribution in [-0.2, 0) is 5.41 Å². The number of hydrogen-bond donors (Lipinski definition) is 2. The molecule has 0 unspecified atom stereocenters. The van der Waals surface area contributed by atoms with Crippen LogP contribution in [0.1, 0.15) is 31.9 Å². The molecule has 0 aliphatic heterocycles. The van der Waals surface area contributed by atoms with Crippen molar-refractivity contribution in [1.82, 2.24) is 10.7 Å². The van der Waals surface area contributed by atoms with Crippen LogP contribution in [0.25, 0.3) is 0 Å². The second-order valence-electron chi connectivity index (χ2n) is 7.38. The van der Waals surface area contributed by atoms with E-state index < -0.39 is 0 Å². The van der Waals surface area contributed by atoms with Crippen LogP contribution in [0.2, 0.25) is 0 Å². The van der Waals surface area contributed by atoms with Gasteiger partial charge in [-0.15, -0.1) is 6.58 Å². The Kier molecular flexibility index (Phi) is 8.68. The van der Waals surface area contributed by atoms with E-state index >= 15 is 0 Å². The topological polar surface area (TPSA) is 54.9 Å². The largest absolute Gasteiger partial charge is 0.490 e. The summed E-state index contributed by atoms with van der Waals surface area (Å²) in [6.07, 6.45) is 3.39. The molecule has 6 heteroatoms. The number of nitrogens with one attached hydrogen (secondary N) is 2. The Morgan fingerprint density at radius 3 is 2.45 bits per heavy atom. The zero-order valence-corrected chi connectivity index (χ0v) is 18.1. The smallest absolute Gasteiger partial charge is 0.187 e. The maximum atomic E-state index is 5.85. The first-order valence-electron chi connectivity index (χ1n) is 9.53. The highest BCUT2D eigenvalue weighted by Gasteiger charge is 2.12. The van der Waals surface area contributed by atoms with Gasteiger partial charge in [-0.25, -0.2) is 0 Å². The fraction of sp³-hybridized carbons (Fsp3) is 0.304. The van der Waals surface area contributed by atoms with E-state index in [-0.39, 0.29) is 5.41 Å². The summed E-state index contributed by atoms with van der Waals surface area (Å²) in [5.74, 6) is 1.57. The molecule has 154 valence electrons. The molecule has 2 N–H and O–H groups in total. The van der Waals surface area contributed by atoms with Crippen LogP contribution in [0, 0.1) is 0 Å². The van der Waals surface area contributed by atoms with Gasteiger partial charge in [-0.1, -0.05) is 51.1 Å². The minimum atomic E-state index is 0.132. The monoisotopic (exact) mass is 411 g/mol. The van der Waals surface area contributed by atoms with Crippen LogP contribution in [0.5, 0.6) is 11.5 Å². The summed E-state index contributed by atoms with van der Waals surface area (Å²) < 4.78 is 11.6. The van der Waals surface area contributed by atoms with E-state index in [2.05, 4.69) is 55.3 Å². The van der Waals surface area contributed by atoms with Gasteiger partial charge in [0, 0.05) is 12.1 Å². The predicted molar refractivity (Wildman–Crippen MR) is 124 cm³/mol. The third kappa shape index (κ3) is 7.95. The molecule has 0 fully saturated rings. The molecular formula is C23H29N3O2S. The molecule has 0 radical (unpaired) electrons. The fourth-order valence-corrected chi connectivity index (χ4v) is 2.58. The first kappa shape index (κ1) is 22.4. The molecule has 0 atom stereocenters. The number of ether oxygens (including phenoxy) is 2. The summed E-state index contributed by atoms with van der Waals surface area (Å²) in [4.78, 5) is 0. The molecule has 0 aliphatic rings. The molecule has 0 saturated carbocycles. The molecule has 0 heterocycles. The van der Waals surface area contributed by atoms with Gasteiger partial charge in [0.05, 0.1) is 6.21 Å². The van der Waals surface area contributed by atoms with Crippen LogP contribution in [-0.4, -0.2) is 31.1 Å². The van der Waals surface area contributed by atoms with E-state index in [0.29, 0.717) is 24.9 Å². The molecule has 2 aromatic rings. The lowest BCUT2D eigenvalue weighted by Gasteiger charge is -2.19. The third-order valence-electron chi connectivity index (χ3n) is 4.03. The van der Waals surface area contributed by atoms with Crippen molar-refractivity contribution in [2.24, 2.45) is 5.10 Å². The van der Waals surface area contributed by atoms with E-state index in [1.165, 1.54) is 5.56 Å². The summed E-state index contributed by atoms with van der Waals surface area (Å²) in [6, 6.07) is 15.9. The van der Waals surface area contributed by atoms with Crippen molar-refractivity contribution in [2.45, 2.75) is 26.2 Å². The Labute approximate surface area is 178 Å². The normalized spacial score (nSPS) is 11.1. The Hall–Kier alpha value is -2.86. The second kappa shape index (κ2) is 11.2. The molecule has 0 aromatic heterocycles.